The maximum absolute atomic E-state index is 13.9. The molecular formula is C30H34Cl2N2O2. The van der Waals surface area contributed by atoms with Gasteiger partial charge in [0.1, 0.15) is 6.04 Å². The minimum Gasteiger partial charge on any atom is -0.352 e. The lowest BCUT2D eigenvalue weighted by Crippen LogP contribution is -2.52. The fourth-order valence-corrected chi connectivity index (χ4v) is 4.55. The van der Waals surface area contributed by atoms with Crippen molar-refractivity contribution in [3.05, 3.63) is 105 Å². The number of amides is 2. The first-order valence-electron chi connectivity index (χ1n) is 12.3. The Bertz CT molecular complexity index is 1200. The molecule has 190 valence electrons. The van der Waals surface area contributed by atoms with Crippen LogP contribution in [0.3, 0.4) is 0 Å². The van der Waals surface area contributed by atoms with Crippen LogP contribution in [-0.2, 0) is 29.0 Å². The molecule has 0 saturated heterocycles. The third-order valence-electron chi connectivity index (χ3n) is 6.47. The molecule has 2 atom stereocenters. The summed E-state index contributed by atoms with van der Waals surface area (Å²) in [5.74, 6) is -0.303. The van der Waals surface area contributed by atoms with E-state index >= 15 is 0 Å². The summed E-state index contributed by atoms with van der Waals surface area (Å²) in [5, 5.41) is 4.08. The average molecular weight is 526 g/mol. The zero-order valence-electron chi connectivity index (χ0n) is 21.4. The summed E-state index contributed by atoms with van der Waals surface area (Å²) in [7, 11) is 0. The van der Waals surface area contributed by atoms with E-state index in [1.807, 2.05) is 82.3 Å². The standard InChI is InChI=1S/C30H34Cl2N2O2/c1-5-22(4)33-30(36)28(16-23-9-7-6-8-10-23)34(19-24-13-14-26(31)18-27(24)32)29(35)17-25-15-20(2)11-12-21(25)3/h6-15,18,22,28H,5,16-17,19H2,1-4H3,(H,33,36)/t22-,28-/m0/s1. The Morgan fingerprint density at radius 3 is 2.33 bits per heavy atom. The van der Waals surface area contributed by atoms with Gasteiger partial charge in [0.2, 0.25) is 11.8 Å². The van der Waals surface area contributed by atoms with Gasteiger partial charge >= 0.3 is 0 Å². The molecule has 0 heterocycles. The third-order valence-corrected chi connectivity index (χ3v) is 7.06. The van der Waals surface area contributed by atoms with Gasteiger partial charge in [0.15, 0.2) is 0 Å². The van der Waals surface area contributed by atoms with Crippen molar-refractivity contribution in [1.29, 1.82) is 0 Å². The Labute approximate surface area is 224 Å². The molecule has 0 bridgehead atoms. The highest BCUT2D eigenvalue weighted by Gasteiger charge is 2.31. The third kappa shape index (κ3) is 7.59. The van der Waals surface area contributed by atoms with Gasteiger partial charge in [-0.05, 0) is 61.6 Å². The van der Waals surface area contributed by atoms with Gasteiger partial charge in [-0.15, -0.1) is 0 Å². The van der Waals surface area contributed by atoms with Crippen LogP contribution in [0.15, 0.2) is 66.7 Å². The number of rotatable bonds is 10. The molecule has 1 N–H and O–H groups in total. The van der Waals surface area contributed by atoms with E-state index in [0.717, 1.165) is 34.2 Å². The number of benzene rings is 3. The van der Waals surface area contributed by atoms with Crippen LogP contribution in [0.25, 0.3) is 0 Å². The van der Waals surface area contributed by atoms with Gasteiger partial charge in [0, 0.05) is 29.1 Å². The highest BCUT2D eigenvalue weighted by atomic mass is 35.5. The predicted molar refractivity (Wildman–Crippen MR) is 148 cm³/mol. The average Bonchev–Trinajstić information content (AvgIpc) is 2.85. The number of halogens is 2. The van der Waals surface area contributed by atoms with Crippen LogP contribution in [0, 0.1) is 13.8 Å². The highest BCUT2D eigenvalue weighted by Crippen LogP contribution is 2.25. The lowest BCUT2D eigenvalue weighted by atomic mass is 9.99. The first-order valence-corrected chi connectivity index (χ1v) is 13.1. The van der Waals surface area contributed by atoms with E-state index in [-0.39, 0.29) is 30.8 Å². The summed E-state index contributed by atoms with van der Waals surface area (Å²) in [4.78, 5) is 29.2. The van der Waals surface area contributed by atoms with Gasteiger partial charge in [-0.25, -0.2) is 0 Å². The Balaban J connectivity index is 2.03. The number of hydrogen-bond donors (Lipinski definition) is 1. The molecule has 36 heavy (non-hydrogen) atoms. The monoisotopic (exact) mass is 524 g/mol. The van der Waals surface area contributed by atoms with Gasteiger partial charge in [0.25, 0.3) is 0 Å². The van der Waals surface area contributed by atoms with Crippen LogP contribution in [-0.4, -0.2) is 28.8 Å². The first-order chi connectivity index (χ1) is 17.2. The number of aryl methyl sites for hydroxylation is 2. The minimum atomic E-state index is -0.703. The SMILES string of the molecule is CC[C@H](C)NC(=O)[C@H](Cc1ccccc1)N(Cc1ccc(Cl)cc1Cl)C(=O)Cc1cc(C)ccc1C. The molecule has 2 amide bonds. The second-order valence-electron chi connectivity index (χ2n) is 9.39. The summed E-state index contributed by atoms with van der Waals surface area (Å²) in [5.41, 5.74) is 4.81. The Morgan fingerprint density at radius 1 is 0.944 bits per heavy atom. The van der Waals surface area contributed by atoms with Crippen molar-refractivity contribution in [1.82, 2.24) is 10.2 Å². The largest absolute Gasteiger partial charge is 0.352 e. The van der Waals surface area contributed by atoms with Crippen LogP contribution in [0.1, 0.15) is 48.1 Å². The van der Waals surface area contributed by atoms with Crippen molar-refractivity contribution >= 4 is 35.0 Å². The summed E-state index contributed by atoms with van der Waals surface area (Å²) in [6, 6.07) is 20.4. The molecule has 3 aromatic carbocycles. The Kier molecular flexibility index (Phi) is 9.98. The van der Waals surface area contributed by atoms with E-state index in [1.165, 1.54) is 0 Å². The molecule has 0 unspecified atom stereocenters. The summed E-state index contributed by atoms with van der Waals surface area (Å²) in [6.07, 6.45) is 1.39. The molecule has 3 aromatic rings. The highest BCUT2D eigenvalue weighted by molar-refractivity contribution is 6.35. The lowest BCUT2D eigenvalue weighted by Gasteiger charge is -2.33. The van der Waals surface area contributed by atoms with Gasteiger partial charge in [0.05, 0.1) is 6.42 Å². The smallest absolute Gasteiger partial charge is 0.243 e. The zero-order valence-corrected chi connectivity index (χ0v) is 22.9. The quantitative estimate of drug-likeness (QED) is 0.320. The molecule has 3 rings (SSSR count). The molecule has 0 spiro atoms. The van der Waals surface area contributed by atoms with Crippen LogP contribution in [0.5, 0.6) is 0 Å². The molecule has 0 aliphatic rings. The summed E-state index contributed by atoms with van der Waals surface area (Å²) < 4.78 is 0. The van der Waals surface area contributed by atoms with Crippen molar-refractivity contribution in [2.45, 2.75) is 65.6 Å². The van der Waals surface area contributed by atoms with E-state index in [2.05, 4.69) is 5.32 Å². The van der Waals surface area contributed by atoms with E-state index < -0.39 is 6.04 Å². The maximum atomic E-state index is 13.9. The molecule has 0 aliphatic carbocycles. The summed E-state index contributed by atoms with van der Waals surface area (Å²) in [6.45, 7) is 8.20. The van der Waals surface area contributed by atoms with Crippen LogP contribution in [0.2, 0.25) is 10.0 Å². The number of hydrogen-bond acceptors (Lipinski definition) is 2. The van der Waals surface area contributed by atoms with Crippen molar-refractivity contribution in [3.63, 3.8) is 0 Å². The molecular weight excluding hydrogens is 491 g/mol. The van der Waals surface area contributed by atoms with E-state index in [0.29, 0.717) is 16.5 Å². The number of nitrogens with zero attached hydrogens (tertiary/aromatic N) is 1. The molecule has 0 aliphatic heterocycles. The molecule has 0 fully saturated rings. The minimum absolute atomic E-state index is 0.00846. The predicted octanol–water partition coefficient (Wildman–Crippen LogP) is 6.71. The number of carbonyl (C=O) groups is 2. The van der Waals surface area contributed by atoms with Gasteiger partial charge in [-0.2, -0.15) is 0 Å². The molecule has 0 saturated carbocycles. The Morgan fingerprint density at radius 2 is 1.67 bits per heavy atom. The van der Waals surface area contributed by atoms with Crippen molar-refractivity contribution in [2.24, 2.45) is 0 Å². The maximum Gasteiger partial charge on any atom is 0.243 e. The number of carbonyl (C=O) groups excluding carboxylic acids is 2. The first kappa shape index (κ1) is 27.8. The van der Waals surface area contributed by atoms with Crippen molar-refractivity contribution in [2.75, 3.05) is 0 Å². The fourth-order valence-electron chi connectivity index (χ4n) is 4.08. The zero-order chi connectivity index (χ0) is 26.2. The van der Waals surface area contributed by atoms with E-state index in [1.54, 1.807) is 17.0 Å². The normalized spacial score (nSPS) is 12.6. The van der Waals surface area contributed by atoms with Gasteiger partial charge in [-0.3, -0.25) is 9.59 Å². The van der Waals surface area contributed by atoms with Crippen molar-refractivity contribution in [3.8, 4) is 0 Å². The molecule has 6 heteroatoms. The fraction of sp³-hybridized carbons (Fsp3) is 0.333. The molecule has 0 radical (unpaired) electrons. The Hall–Kier alpha value is -2.82. The van der Waals surface area contributed by atoms with Crippen LogP contribution in [0.4, 0.5) is 0 Å². The summed E-state index contributed by atoms with van der Waals surface area (Å²) >= 11 is 12.6. The van der Waals surface area contributed by atoms with Gasteiger partial charge in [-0.1, -0.05) is 90.3 Å². The number of nitrogens with one attached hydrogen (secondary N) is 1. The van der Waals surface area contributed by atoms with Gasteiger partial charge < -0.3 is 10.2 Å². The second kappa shape index (κ2) is 12.9. The van der Waals surface area contributed by atoms with E-state index in [9.17, 15) is 9.59 Å². The van der Waals surface area contributed by atoms with Crippen LogP contribution >= 0.6 is 23.2 Å². The topological polar surface area (TPSA) is 49.4 Å². The van der Waals surface area contributed by atoms with E-state index in [4.69, 9.17) is 23.2 Å². The lowest BCUT2D eigenvalue weighted by molar-refractivity contribution is -0.141. The molecule has 4 nitrogen and oxygen atoms in total. The van der Waals surface area contributed by atoms with Crippen LogP contribution < -0.4 is 5.32 Å². The second-order valence-corrected chi connectivity index (χ2v) is 10.2. The molecule has 0 aromatic heterocycles. The van der Waals surface area contributed by atoms with Crippen molar-refractivity contribution < 1.29 is 9.59 Å².